The lowest BCUT2D eigenvalue weighted by atomic mass is 9.88. The van der Waals surface area contributed by atoms with E-state index in [2.05, 4.69) is 33.0 Å². The second-order valence-electron chi connectivity index (χ2n) is 5.39. The van der Waals surface area contributed by atoms with E-state index in [0.717, 1.165) is 5.56 Å². The first kappa shape index (κ1) is 13.7. The first-order valence-electron chi connectivity index (χ1n) is 5.76. The van der Waals surface area contributed by atoms with E-state index < -0.39 is 5.82 Å². The molecule has 17 heavy (non-hydrogen) atoms. The molecule has 0 aromatic heterocycles. The molecule has 0 amide bonds. The van der Waals surface area contributed by atoms with Gasteiger partial charge >= 0.3 is 0 Å². The third-order valence-electron chi connectivity index (χ3n) is 3.06. The number of halogens is 1. The van der Waals surface area contributed by atoms with Crippen LogP contribution in [0.2, 0.25) is 0 Å². The summed E-state index contributed by atoms with van der Waals surface area (Å²) in [5.41, 5.74) is 1.21. The maximum Gasteiger partial charge on any atom is 0.140 e. The van der Waals surface area contributed by atoms with E-state index in [1.807, 2.05) is 6.07 Å². The van der Waals surface area contributed by atoms with Crippen molar-refractivity contribution in [3.05, 3.63) is 35.1 Å². The highest BCUT2D eigenvalue weighted by atomic mass is 19.1. The van der Waals surface area contributed by atoms with Crippen LogP contribution >= 0.6 is 0 Å². The van der Waals surface area contributed by atoms with Gasteiger partial charge in [0.1, 0.15) is 11.9 Å². The molecule has 0 saturated carbocycles. The van der Waals surface area contributed by atoms with Gasteiger partial charge in [0.15, 0.2) is 0 Å². The molecule has 0 fully saturated rings. The Hall–Kier alpha value is -1.40. The van der Waals surface area contributed by atoms with Gasteiger partial charge in [-0.05, 0) is 30.0 Å². The molecule has 2 nitrogen and oxygen atoms in total. The highest BCUT2D eigenvalue weighted by molar-refractivity contribution is 5.34. The minimum atomic E-state index is -0.458. The second-order valence-corrected chi connectivity index (χ2v) is 5.39. The maximum atomic E-state index is 13.1. The van der Waals surface area contributed by atoms with Gasteiger partial charge in [-0.2, -0.15) is 5.26 Å². The van der Waals surface area contributed by atoms with Crippen molar-refractivity contribution in [2.45, 2.75) is 40.3 Å². The molecule has 0 bridgehead atoms. The van der Waals surface area contributed by atoms with Crippen LogP contribution < -0.4 is 5.32 Å². The molecule has 1 aromatic carbocycles. The normalized spacial score (nSPS) is 13.2. The Morgan fingerprint density at radius 3 is 2.59 bits per heavy atom. The topological polar surface area (TPSA) is 35.8 Å². The monoisotopic (exact) mass is 234 g/mol. The number of hydrogen-bond acceptors (Lipinski definition) is 2. The lowest BCUT2D eigenvalue weighted by molar-refractivity contribution is 0.285. The summed E-state index contributed by atoms with van der Waals surface area (Å²) < 4.78 is 13.1. The Balaban J connectivity index is 2.68. The van der Waals surface area contributed by atoms with Crippen molar-refractivity contribution < 1.29 is 4.39 Å². The molecule has 3 heteroatoms. The van der Waals surface area contributed by atoms with Gasteiger partial charge in [0, 0.05) is 12.6 Å². The molecule has 1 unspecified atom stereocenters. The van der Waals surface area contributed by atoms with Crippen molar-refractivity contribution in [3.63, 3.8) is 0 Å². The highest BCUT2D eigenvalue weighted by Gasteiger charge is 2.19. The zero-order chi connectivity index (χ0) is 13.1. The Morgan fingerprint density at radius 2 is 2.06 bits per heavy atom. The Labute approximate surface area is 102 Å². The van der Waals surface area contributed by atoms with Crippen molar-refractivity contribution in [2.75, 3.05) is 0 Å². The Kier molecular flexibility index (Phi) is 4.25. The summed E-state index contributed by atoms with van der Waals surface area (Å²) in [4.78, 5) is 0. The Bertz CT molecular complexity index is 427. The number of rotatable bonds is 3. The molecule has 0 spiro atoms. The molecule has 1 atom stereocenters. The van der Waals surface area contributed by atoms with Gasteiger partial charge in [-0.15, -0.1) is 0 Å². The zero-order valence-corrected chi connectivity index (χ0v) is 10.8. The lowest BCUT2D eigenvalue weighted by Gasteiger charge is -2.28. The molecule has 0 aliphatic heterocycles. The number of nitriles is 1. The number of nitrogens with one attached hydrogen (secondary N) is 1. The smallest absolute Gasteiger partial charge is 0.140 e. The number of nitrogens with zero attached hydrogens (tertiary/aromatic N) is 1. The van der Waals surface area contributed by atoms with Crippen LogP contribution in [-0.4, -0.2) is 6.04 Å². The van der Waals surface area contributed by atoms with E-state index >= 15 is 0 Å². The van der Waals surface area contributed by atoms with Crippen LogP contribution in [0.15, 0.2) is 18.2 Å². The van der Waals surface area contributed by atoms with E-state index in [9.17, 15) is 4.39 Å². The molecular weight excluding hydrogens is 215 g/mol. The molecule has 0 aliphatic carbocycles. The summed E-state index contributed by atoms with van der Waals surface area (Å²) in [6.07, 6.45) is 0. The predicted octanol–water partition coefficient (Wildman–Crippen LogP) is 3.22. The Morgan fingerprint density at radius 1 is 1.41 bits per heavy atom. The first-order chi connectivity index (χ1) is 7.84. The van der Waals surface area contributed by atoms with Crippen molar-refractivity contribution in [1.82, 2.24) is 5.32 Å². The average molecular weight is 234 g/mol. The van der Waals surface area contributed by atoms with Crippen molar-refractivity contribution in [3.8, 4) is 6.07 Å². The quantitative estimate of drug-likeness (QED) is 0.871. The molecule has 1 N–H and O–H groups in total. The zero-order valence-electron chi connectivity index (χ0n) is 10.8. The van der Waals surface area contributed by atoms with Crippen LogP contribution in [0.5, 0.6) is 0 Å². The number of benzene rings is 1. The average Bonchev–Trinajstić information content (AvgIpc) is 2.26. The van der Waals surface area contributed by atoms with E-state index in [0.29, 0.717) is 12.6 Å². The standard InChI is InChI=1S/C14H19FN2/c1-10(14(2,3)4)17-9-11-5-6-13(15)12(7-11)8-16/h5-7,10,17H,9H2,1-4H3. The minimum Gasteiger partial charge on any atom is -0.310 e. The van der Waals surface area contributed by atoms with E-state index in [-0.39, 0.29) is 11.0 Å². The fourth-order valence-electron chi connectivity index (χ4n) is 1.35. The van der Waals surface area contributed by atoms with Crippen molar-refractivity contribution >= 4 is 0 Å². The van der Waals surface area contributed by atoms with Gasteiger partial charge < -0.3 is 5.32 Å². The van der Waals surface area contributed by atoms with Crippen LogP contribution in [0.4, 0.5) is 4.39 Å². The number of hydrogen-bond donors (Lipinski definition) is 1. The summed E-state index contributed by atoms with van der Waals surface area (Å²) in [5.74, 6) is -0.458. The highest BCUT2D eigenvalue weighted by Crippen LogP contribution is 2.19. The third kappa shape index (κ3) is 3.83. The molecule has 0 saturated heterocycles. The van der Waals surface area contributed by atoms with Gasteiger partial charge in [0.25, 0.3) is 0 Å². The molecule has 92 valence electrons. The largest absolute Gasteiger partial charge is 0.310 e. The van der Waals surface area contributed by atoms with Crippen LogP contribution in [0.25, 0.3) is 0 Å². The first-order valence-corrected chi connectivity index (χ1v) is 5.76. The van der Waals surface area contributed by atoms with Crippen molar-refractivity contribution in [2.24, 2.45) is 5.41 Å². The fourth-order valence-corrected chi connectivity index (χ4v) is 1.35. The lowest BCUT2D eigenvalue weighted by Crippen LogP contribution is -2.37. The van der Waals surface area contributed by atoms with E-state index in [1.54, 1.807) is 12.1 Å². The van der Waals surface area contributed by atoms with Gasteiger partial charge in [-0.1, -0.05) is 26.8 Å². The molecule has 0 aliphatic rings. The SMILES string of the molecule is CC(NCc1ccc(F)c(C#N)c1)C(C)(C)C. The fraction of sp³-hybridized carbons (Fsp3) is 0.500. The minimum absolute atomic E-state index is 0.104. The molecule has 0 heterocycles. The van der Waals surface area contributed by atoms with Crippen molar-refractivity contribution in [1.29, 1.82) is 5.26 Å². The van der Waals surface area contributed by atoms with Crippen LogP contribution in [-0.2, 0) is 6.54 Å². The molecule has 1 aromatic rings. The summed E-state index contributed by atoms with van der Waals surface area (Å²) in [6.45, 7) is 9.25. The van der Waals surface area contributed by atoms with Gasteiger partial charge in [-0.3, -0.25) is 0 Å². The van der Waals surface area contributed by atoms with Crippen LogP contribution in [0.1, 0.15) is 38.8 Å². The second kappa shape index (κ2) is 5.29. The summed E-state index contributed by atoms with van der Waals surface area (Å²) in [5, 5.41) is 12.1. The van der Waals surface area contributed by atoms with E-state index in [1.165, 1.54) is 6.07 Å². The summed E-state index contributed by atoms with van der Waals surface area (Å²) in [6, 6.07) is 6.84. The third-order valence-corrected chi connectivity index (χ3v) is 3.06. The van der Waals surface area contributed by atoms with Crippen LogP contribution in [0.3, 0.4) is 0 Å². The van der Waals surface area contributed by atoms with Gasteiger partial charge in [0.2, 0.25) is 0 Å². The molecular formula is C14H19FN2. The van der Waals surface area contributed by atoms with E-state index in [4.69, 9.17) is 5.26 Å². The summed E-state index contributed by atoms with van der Waals surface area (Å²) in [7, 11) is 0. The molecule has 0 radical (unpaired) electrons. The maximum absolute atomic E-state index is 13.1. The molecule has 1 rings (SSSR count). The van der Waals surface area contributed by atoms with Crippen LogP contribution in [0, 0.1) is 22.6 Å². The predicted molar refractivity (Wildman–Crippen MR) is 66.9 cm³/mol. The van der Waals surface area contributed by atoms with Gasteiger partial charge in [-0.25, -0.2) is 4.39 Å². The summed E-state index contributed by atoms with van der Waals surface area (Å²) >= 11 is 0. The van der Waals surface area contributed by atoms with Gasteiger partial charge in [0.05, 0.1) is 5.56 Å².